The molecule has 2 rings (SSSR count). The van der Waals surface area contributed by atoms with Crippen LogP contribution in [0.3, 0.4) is 0 Å². The van der Waals surface area contributed by atoms with Gasteiger partial charge in [0, 0.05) is 13.5 Å². The normalized spacial score (nSPS) is 11.0. The molecule has 2 aromatic carbocycles. The van der Waals surface area contributed by atoms with Gasteiger partial charge in [0.2, 0.25) is 11.8 Å². The number of benzene rings is 2. The standard InChI is InChI=1S/C20H21F3N2O3/c1-14(26)25(12-11-15-7-9-16(28-2)10-8-15)13-19(27)24-18-6-4-3-5-17(18)20(21,22)23/h3-10H,11-13H2,1-2H3,(H,24,27). The molecule has 28 heavy (non-hydrogen) atoms. The Bertz CT molecular complexity index is 820. The van der Waals surface area contributed by atoms with Crippen LogP contribution in [0, 0.1) is 0 Å². The van der Waals surface area contributed by atoms with Gasteiger partial charge >= 0.3 is 6.18 Å². The Kier molecular flexibility index (Phi) is 7.03. The highest BCUT2D eigenvalue weighted by Gasteiger charge is 2.33. The Morgan fingerprint density at radius 2 is 1.71 bits per heavy atom. The fourth-order valence-corrected chi connectivity index (χ4v) is 2.61. The zero-order chi connectivity index (χ0) is 20.7. The van der Waals surface area contributed by atoms with Crippen LogP contribution < -0.4 is 10.1 Å². The van der Waals surface area contributed by atoms with Crippen LogP contribution >= 0.6 is 0 Å². The number of carbonyl (C=O) groups is 2. The summed E-state index contributed by atoms with van der Waals surface area (Å²) in [6.07, 6.45) is -4.09. The van der Waals surface area contributed by atoms with Crippen LogP contribution in [0.5, 0.6) is 5.75 Å². The number of hydrogen-bond acceptors (Lipinski definition) is 3. The predicted octanol–water partition coefficient (Wildman–Crippen LogP) is 3.74. The third-order valence-electron chi connectivity index (χ3n) is 4.12. The quantitative estimate of drug-likeness (QED) is 0.778. The summed E-state index contributed by atoms with van der Waals surface area (Å²) in [6.45, 7) is 1.23. The van der Waals surface area contributed by atoms with Gasteiger partial charge in [0.25, 0.3) is 0 Å². The van der Waals surface area contributed by atoms with Crippen molar-refractivity contribution in [3.05, 3.63) is 59.7 Å². The van der Waals surface area contributed by atoms with Crippen LogP contribution in [0.1, 0.15) is 18.1 Å². The van der Waals surface area contributed by atoms with Crippen molar-refractivity contribution in [2.75, 3.05) is 25.5 Å². The lowest BCUT2D eigenvalue weighted by Gasteiger charge is -2.21. The zero-order valence-electron chi connectivity index (χ0n) is 15.5. The second kappa shape index (κ2) is 9.25. The van der Waals surface area contributed by atoms with E-state index in [1.54, 1.807) is 19.2 Å². The molecule has 0 fully saturated rings. The Hall–Kier alpha value is -3.03. The van der Waals surface area contributed by atoms with Crippen molar-refractivity contribution in [2.24, 2.45) is 0 Å². The number of alkyl halides is 3. The summed E-state index contributed by atoms with van der Waals surface area (Å²) in [5.74, 6) is -0.329. The molecule has 8 heteroatoms. The second-order valence-electron chi connectivity index (χ2n) is 6.13. The first-order chi connectivity index (χ1) is 13.2. The first kappa shape index (κ1) is 21.3. The number of nitrogens with zero attached hydrogens (tertiary/aromatic N) is 1. The Morgan fingerprint density at radius 3 is 2.29 bits per heavy atom. The molecule has 0 aliphatic carbocycles. The van der Waals surface area contributed by atoms with E-state index in [0.717, 1.165) is 11.6 Å². The maximum Gasteiger partial charge on any atom is 0.418 e. The number of halogens is 3. The van der Waals surface area contributed by atoms with Crippen LogP contribution in [0.4, 0.5) is 18.9 Å². The molecule has 0 spiro atoms. The smallest absolute Gasteiger partial charge is 0.418 e. The van der Waals surface area contributed by atoms with Crippen LogP contribution in [0.15, 0.2) is 48.5 Å². The molecule has 0 unspecified atom stereocenters. The molecule has 0 bridgehead atoms. The number of anilines is 1. The van der Waals surface area contributed by atoms with E-state index < -0.39 is 17.6 Å². The lowest BCUT2D eigenvalue weighted by Crippen LogP contribution is -2.38. The molecule has 0 aliphatic heterocycles. The van der Waals surface area contributed by atoms with Crippen LogP contribution in [-0.4, -0.2) is 36.9 Å². The summed E-state index contributed by atoms with van der Waals surface area (Å²) >= 11 is 0. The van der Waals surface area contributed by atoms with Gasteiger partial charge in [0.05, 0.1) is 24.9 Å². The van der Waals surface area contributed by atoms with E-state index in [4.69, 9.17) is 4.74 Å². The summed E-state index contributed by atoms with van der Waals surface area (Å²) in [5.41, 5.74) is -0.329. The molecule has 0 atom stereocenters. The topological polar surface area (TPSA) is 58.6 Å². The minimum atomic E-state index is -4.58. The van der Waals surface area contributed by atoms with Crippen LogP contribution in [-0.2, 0) is 22.2 Å². The Morgan fingerprint density at radius 1 is 1.07 bits per heavy atom. The van der Waals surface area contributed by atoms with Gasteiger partial charge in [-0.15, -0.1) is 0 Å². The van der Waals surface area contributed by atoms with Crippen molar-refractivity contribution < 1.29 is 27.5 Å². The van der Waals surface area contributed by atoms with Crippen molar-refractivity contribution in [3.63, 3.8) is 0 Å². The van der Waals surface area contributed by atoms with Gasteiger partial charge in [0.15, 0.2) is 0 Å². The van der Waals surface area contributed by atoms with E-state index in [9.17, 15) is 22.8 Å². The van der Waals surface area contributed by atoms with Gasteiger partial charge in [-0.25, -0.2) is 0 Å². The summed E-state index contributed by atoms with van der Waals surface area (Å²) in [7, 11) is 1.56. The van der Waals surface area contributed by atoms with E-state index in [1.165, 1.54) is 30.0 Å². The zero-order valence-corrected chi connectivity index (χ0v) is 15.5. The van der Waals surface area contributed by atoms with E-state index in [0.29, 0.717) is 12.2 Å². The SMILES string of the molecule is COc1ccc(CCN(CC(=O)Nc2ccccc2C(F)(F)F)C(C)=O)cc1. The van der Waals surface area contributed by atoms with E-state index in [-0.39, 0.29) is 24.7 Å². The summed E-state index contributed by atoms with van der Waals surface area (Å²) in [5, 5.41) is 2.25. The average Bonchev–Trinajstić information content (AvgIpc) is 2.65. The second-order valence-corrected chi connectivity index (χ2v) is 6.13. The molecule has 0 heterocycles. The number of amides is 2. The molecule has 0 saturated heterocycles. The number of methoxy groups -OCH3 is 1. The Labute approximate surface area is 161 Å². The summed E-state index contributed by atoms with van der Waals surface area (Å²) in [4.78, 5) is 25.3. The number of rotatable bonds is 7. The monoisotopic (exact) mass is 394 g/mol. The molecule has 2 amide bonds. The predicted molar refractivity (Wildman–Crippen MR) is 99.0 cm³/mol. The lowest BCUT2D eigenvalue weighted by molar-refractivity contribution is -0.137. The summed E-state index contributed by atoms with van der Waals surface area (Å²) < 4.78 is 44.2. The molecule has 5 nitrogen and oxygen atoms in total. The first-order valence-corrected chi connectivity index (χ1v) is 8.55. The number of carbonyl (C=O) groups excluding carboxylic acids is 2. The van der Waals surface area contributed by atoms with Crippen molar-refractivity contribution in [2.45, 2.75) is 19.5 Å². The summed E-state index contributed by atoms with van der Waals surface area (Å²) in [6, 6.07) is 12.0. The van der Waals surface area contributed by atoms with E-state index in [1.807, 2.05) is 12.1 Å². The van der Waals surface area contributed by atoms with Gasteiger partial charge in [-0.3, -0.25) is 9.59 Å². The first-order valence-electron chi connectivity index (χ1n) is 8.55. The minimum absolute atomic E-state index is 0.260. The van der Waals surface area contributed by atoms with Crippen molar-refractivity contribution >= 4 is 17.5 Å². The van der Waals surface area contributed by atoms with Gasteiger partial charge in [-0.05, 0) is 36.2 Å². The van der Waals surface area contributed by atoms with Crippen molar-refractivity contribution in [3.8, 4) is 5.75 Å². The molecule has 0 aliphatic rings. The molecule has 150 valence electrons. The highest BCUT2D eigenvalue weighted by atomic mass is 19.4. The molecule has 0 radical (unpaired) electrons. The lowest BCUT2D eigenvalue weighted by atomic mass is 10.1. The molecular formula is C20H21F3N2O3. The molecule has 0 aromatic heterocycles. The number of ether oxygens (including phenoxy) is 1. The Balaban J connectivity index is 2.00. The number of nitrogens with one attached hydrogen (secondary N) is 1. The maximum absolute atomic E-state index is 13.0. The largest absolute Gasteiger partial charge is 0.497 e. The van der Waals surface area contributed by atoms with Gasteiger partial charge < -0.3 is 15.0 Å². The number of para-hydroxylation sites is 1. The highest BCUT2D eigenvalue weighted by Crippen LogP contribution is 2.34. The number of hydrogen-bond donors (Lipinski definition) is 1. The fourth-order valence-electron chi connectivity index (χ4n) is 2.61. The molecule has 2 aromatic rings. The van der Waals surface area contributed by atoms with Gasteiger partial charge in [-0.1, -0.05) is 24.3 Å². The van der Waals surface area contributed by atoms with Crippen LogP contribution in [0.2, 0.25) is 0 Å². The van der Waals surface area contributed by atoms with Gasteiger partial charge in [-0.2, -0.15) is 13.2 Å². The maximum atomic E-state index is 13.0. The minimum Gasteiger partial charge on any atom is -0.497 e. The fraction of sp³-hybridized carbons (Fsp3) is 0.300. The van der Waals surface area contributed by atoms with E-state index in [2.05, 4.69) is 5.32 Å². The van der Waals surface area contributed by atoms with Gasteiger partial charge in [0.1, 0.15) is 5.75 Å². The van der Waals surface area contributed by atoms with E-state index >= 15 is 0 Å². The molecule has 1 N–H and O–H groups in total. The molecule has 0 saturated carbocycles. The third kappa shape index (κ3) is 6.00. The molecular weight excluding hydrogens is 373 g/mol. The van der Waals surface area contributed by atoms with Crippen LogP contribution in [0.25, 0.3) is 0 Å². The van der Waals surface area contributed by atoms with Crippen molar-refractivity contribution in [1.29, 1.82) is 0 Å². The highest BCUT2D eigenvalue weighted by molar-refractivity contribution is 5.95. The third-order valence-corrected chi connectivity index (χ3v) is 4.12. The van der Waals surface area contributed by atoms with Crippen molar-refractivity contribution in [1.82, 2.24) is 4.90 Å². The average molecular weight is 394 g/mol.